The maximum Gasteiger partial charge on any atom is 0.253 e. The van der Waals surface area contributed by atoms with E-state index in [1.807, 2.05) is 11.8 Å². The van der Waals surface area contributed by atoms with E-state index in [-0.39, 0.29) is 18.1 Å². The molecule has 2 unspecified atom stereocenters. The molecular weight excluding hydrogens is 230 g/mol. The Hall–Kier alpha value is -1.03. The molecule has 102 valence electrons. The Bertz CT molecular complexity index is 349. The molecule has 4 nitrogen and oxygen atoms in total. The molecule has 0 saturated carbocycles. The van der Waals surface area contributed by atoms with Crippen LogP contribution in [0.25, 0.3) is 0 Å². The van der Waals surface area contributed by atoms with E-state index in [1.54, 1.807) is 6.92 Å². The zero-order valence-corrected chi connectivity index (χ0v) is 11.3. The summed E-state index contributed by atoms with van der Waals surface area (Å²) < 4.78 is 5.47. The first-order valence-corrected chi connectivity index (χ1v) is 6.91. The second kappa shape index (κ2) is 5.74. The summed E-state index contributed by atoms with van der Waals surface area (Å²) in [6.07, 6.45) is 4.12. The van der Waals surface area contributed by atoms with Crippen molar-refractivity contribution in [3.63, 3.8) is 0 Å². The molecule has 0 bridgehead atoms. The summed E-state index contributed by atoms with van der Waals surface area (Å²) in [4.78, 5) is 14.4. The standard InChI is InChI=1S/C14H23NO3/c1-10(16)9-12-5-3-7-15(12)14(17)13-6-4-8-18-11(13)2/h10,12,16H,3-9H2,1-2H3. The number of aliphatic hydroxyl groups excluding tert-OH is 1. The number of ether oxygens (including phenoxy) is 1. The van der Waals surface area contributed by atoms with Crippen LogP contribution in [0.4, 0.5) is 0 Å². The van der Waals surface area contributed by atoms with Gasteiger partial charge in [0.2, 0.25) is 0 Å². The Balaban J connectivity index is 2.08. The summed E-state index contributed by atoms with van der Waals surface area (Å²) in [6.45, 7) is 5.20. The summed E-state index contributed by atoms with van der Waals surface area (Å²) in [5, 5.41) is 9.50. The predicted molar refractivity (Wildman–Crippen MR) is 68.9 cm³/mol. The number of allylic oxidation sites excluding steroid dienone is 1. The lowest BCUT2D eigenvalue weighted by Gasteiger charge is -2.28. The minimum Gasteiger partial charge on any atom is -0.498 e. The fraction of sp³-hybridized carbons (Fsp3) is 0.786. The van der Waals surface area contributed by atoms with Crippen LogP contribution in [0.15, 0.2) is 11.3 Å². The molecule has 2 rings (SSSR count). The summed E-state index contributed by atoms with van der Waals surface area (Å²) >= 11 is 0. The van der Waals surface area contributed by atoms with Crippen LogP contribution in [0.3, 0.4) is 0 Å². The lowest BCUT2D eigenvalue weighted by molar-refractivity contribution is -0.129. The van der Waals surface area contributed by atoms with E-state index in [0.717, 1.165) is 50.2 Å². The minimum atomic E-state index is -0.346. The first kappa shape index (κ1) is 13.4. The summed E-state index contributed by atoms with van der Waals surface area (Å²) in [7, 11) is 0. The molecule has 0 aliphatic carbocycles. The Labute approximate surface area is 109 Å². The van der Waals surface area contributed by atoms with Gasteiger partial charge in [0.25, 0.3) is 5.91 Å². The van der Waals surface area contributed by atoms with Gasteiger partial charge in [-0.25, -0.2) is 0 Å². The molecule has 18 heavy (non-hydrogen) atoms. The van der Waals surface area contributed by atoms with Crippen LogP contribution in [0.1, 0.15) is 46.0 Å². The van der Waals surface area contributed by atoms with Gasteiger partial charge in [-0.05, 0) is 46.0 Å². The fourth-order valence-electron chi connectivity index (χ4n) is 2.91. The number of carbonyl (C=O) groups excluding carboxylic acids is 1. The van der Waals surface area contributed by atoms with Crippen molar-refractivity contribution in [2.45, 2.75) is 58.1 Å². The first-order valence-electron chi connectivity index (χ1n) is 6.91. The van der Waals surface area contributed by atoms with Crippen molar-refractivity contribution in [3.8, 4) is 0 Å². The third-order valence-electron chi connectivity index (χ3n) is 3.82. The second-order valence-electron chi connectivity index (χ2n) is 5.37. The molecule has 0 aromatic heterocycles. The van der Waals surface area contributed by atoms with Crippen molar-refractivity contribution < 1.29 is 14.6 Å². The molecule has 1 saturated heterocycles. The van der Waals surface area contributed by atoms with Crippen molar-refractivity contribution in [2.24, 2.45) is 0 Å². The Morgan fingerprint density at radius 1 is 1.56 bits per heavy atom. The van der Waals surface area contributed by atoms with Crippen molar-refractivity contribution in [1.29, 1.82) is 0 Å². The van der Waals surface area contributed by atoms with Gasteiger partial charge in [-0.15, -0.1) is 0 Å². The number of nitrogens with zero attached hydrogens (tertiary/aromatic N) is 1. The molecular formula is C14H23NO3. The largest absolute Gasteiger partial charge is 0.498 e. The van der Waals surface area contributed by atoms with Gasteiger partial charge in [0.15, 0.2) is 0 Å². The maximum atomic E-state index is 12.5. The zero-order chi connectivity index (χ0) is 13.1. The number of hydrogen-bond acceptors (Lipinski definition) is 3. The highest BCUT2D eigenvalue weighted by molar-refractivity contribution is 5.94. The number of hydrogen-bond donors (Lipinski definition) is 1. The van der Waals surface area contributed by atoms with E-state index < -0.39 is 0 Å². The lowest BCUT2D eigenvalue weighted by atomic mass is 10.0. The monoisotopic (exact) mass is 253 g/mol. The molecule has 0 aromatic carbocycles. The molecule has 4 heteroatoms. The zero-order valence-electron chi connectivity index (χ0n) is 11.3. The molecule has 1 N–H and O–H groups in total. The van der Waals surface area contributed by atoms with E-state index in [9.17, 15) is 9.90 Å². The number of rotatable bonds is 3. The topological polar surface area (TPSA) is 49.8 Å². The highest BCUT2D eigenvalue weighted by Gasteiger charge is 2.32. The number of amides is 1. The van der Waals surface area contributed by atoms with Crippen LogP contribution in [0, 0.1) is 0 Å². The van der Waals surface area contributed by atoms with E-state index in [0.29, 0.717) is 6.42 Å². The van der Waals surface area contributed by atoms with Gasteiger partial charge in [0, 0.05) is 12.6 Å². The predicted octanol–water partition coefficient (Wildman–Crippen LogP) is 1.83. The van der Waals surface area contributed by atoms with Gasteiger partial charge >= 0.3 is 0 Å². The SMILES string of the molecule is CC1=C(C(=O)N2CCCC2CC(C)O)CCCO1. The summed E-state index contributed by atoms with van der Waals surface area (Å²) in [5.41, 5.74) is 0.832. The fourth-order valence-corrected chi connectivity index (χ4v) is 2.91. The van der Waals surface area contributed by atoms with E-state index >= 15 is 0 Å². The summed E-state index contributed by atoms with van der Waals surface area (Å²) in [5.74, 6) is 0.907. The van der Waals surface area contributed by atoms with Gasteiger partial charge in [0.05, 0.1) is 18.3 Å². The molecule has 1 amide bonds. The molecule has 2 heterocycles. The molecule has 2 atom stereocenters. The van der Waals surface area contributed by atoms with Gasteiger partial charge in [-0.1, -0.05) is 0 Å². The molecule has 2 aliphatic heterocycles. The third-order valence-corrected chi connectivity index (χ3v) is 3.82. The highest BCUT2D eigenvalue weighted by Crippen LogP contribution is 2.27. The maximum absolute atomic E-state index is 12.5. The number of aliphatic hydroxyl groups is 1. The number of likely N-dealkylation sites (tertiary alicyclic amines) is 1. The van der Waals surface area contributed by atoms with E-state index in [2.05, 4.69) is 0 Å². The van der Waals surface area contributed by atoms with Crippen LogP contribution < -0.4 is 0 Å². The first-order chi connectivity index (χ1) is 8.59. The molecule has 0 aromatic rings. The normalized spacial score (nSPS) is 26.2. The van der Waals surface area contributed by atoms with E-state index in [4.69, 9.17) is 4.74 Å². The van der Waals surface area contributed by atoms with Crippen molar-refractivity contribution in [1.82, 2.24) is 4.90 Å². The van der Waals surface area contributed by atoms with Crippen LogP contribution in [-0.2, 0) is 9.53 Å². The van der Waals surface area contributed by atoms with Crippen LogP contribution >= 0.6 is 0 Å². The molecule has 2 aliphatic rings. The van der Waals surface area contributed by atoms with Gasteiger partial charge in [-0.3, -0.25) is 4.79 Å². The highest BCUT2D eigenvalue weighted by atomic mass is 16.5. The average molecular weight is 253 g/mol. The lowest BCUT2D eigenvalue weighted by Crippen LogP contribution is -2.39. The Kier molecular flexibility index (Phi) is 4.27. The van der Waals surface area contributed by atoms with E-state index in [1.165, 1.54) is 0 Å². The molecule has 0 spiro atoms. The third kappa shape index (κ3) is 2.86. The Morgan fingerprint density at radius 3 is 3.00 bits per heavy atom. The van der Waals surface area contributed by atoms with Crippen LogP contribution in [0.5, 0.6) is 0 Å². The van der Waals surface area contributed by atoms with Crippen molar-refractivity contribution >= 4 is 5.91 Å². The Morgan fingerprint density at radius 2 is 2.33 bits per heavy atom. The quantitative estimate of drug-likeness (QED) is 0.835. The van der Waals surface area contributed by atoms with Crippen LogP contribution in [-0.4, -0.2) is 41.2 Å². The molecule has 1 fully saturated rings. The minimum absolute atomic E-state index is 0.121. The van der Waals surface area contributed by atoms with Crippen molar-refractivity contribution in [2.75, 3.05) is 13.2 Å². The van der Waals surface area contributed by atoms with Gasteiger partial charge < -0.3 is 14.7 Å². The second-order valence-corrected chi connectivity index (χ2v) is 5.37. The van der Waals surface area contributed by atoms with Crippen molar-refractivity contribution in [3.05, 3.63) is 11.3 Å². The summed E-state index contributed by atoms with van der Waals surface area (Å²) in [6, 6.07) is 0.194. The number of carbonyl (C=O) groups is 1. The van der Waals surface area contributed by atoms with Gasteiger partial charge in [0.1, 0.15) is 5.76 Å². The smallest absolute Gasteiger partial charge is 0.253 e. The molecule has 0 radical (unpaired) electrons. The van der Waals surface area contributed by atoms with Gasteiger partial charge in [-0.2, -0.15) is 0 Å². The average Bonchev–Trinajstić information content (AvgIpc) is 2.76. The van der Waals surface area contributed by atoms with Crippen LogP contribution in [0.2, 0.25) is 0 Å².